The van der Waals surface area contributed by atoms with Gasteiger partial charge in [0.25, 0.3) is 5.91 Å². The van der Waals surface area contributed by atoms with Gasteiger partial charge in [-0.05, 0) is 57.2 Å². The number of nitrogens with one attached hydrogen (secondary N) is 2. The molecule has 1 atom stereocenters. The molecule has 0 saturated carbocycles. The molecule has 7 nitrogen and oxygen atoms in total. The molecule has 2 saturated heterocycles. The van der Waals surface area contributed by atoms with E-state index in [1.54, 1.807) is 18.3 Å². The molecule has 2 aliphatic rings. The Bertz CT molecular complexity index is 781. The molecule has 0 spiro atoms. The van der Waals surface area contributed by atoms with Crippen molar-refractivity contribution >= 4 is 29.4 Å². The van der Waals surface area contributed by atoms with Gasteiger partial charge in [-0.15, -0.1) is 0 Å². The van der Waals surface area contributed by atoms with Crippen LogP contribution in [0.2, 0.25) is 5.02 Å². The van der Waals surface area contributed by atoms with Crippen molar-refractivity contribution in [3.05, 3.63) is 40.6 Å². The highest BCUT2D eigenvalue weighted by Crippen LogP contribution is 2.24. The highest BCUT2D eigenvalue weighted by molar-refractivity contribution is 6.33. The van der Waals surface area contributed by atoms with Gasteiger partial charge in [-0.25, -0.2) is 15.3 Å². The van der Waals surface area contributed by atoms with Crippen LogP contribution in [0.3, 0.4) is 0 Å². The van der Waals surface area contributed by atoms with Crippen LogP contribution in [-0.4, -0.2) is 54.4 Å². The van der Waals surface area contributed by atoms with Gasteiger partial charge in [-0.3, -0.25) is 9.69 Å². The summed E-state index contributed by atoms with van der Waals surface area (Å²) in [6, 6.07) is 2.16. The van der Waals surface area contributed by atoms with Gasteiger partial charge in [0.2, 0.25) is 0 Å². The lowest BCUT2D eigenvalue weighted by molar-refractivity contribution is -0.198. The minimum absolute atomic E-state index is 0.354. The number of amides is 1. The quantitative estimate of drug-likeness (QED) is 0.353. The topological polar surface area (TPSA) is 75.7 Å². The highest BCUT2D eigenvalue weighted by Gasteiger charge is 2.19. The number of piperidine rings is 1. The summed E-state index contributed by atoms with van der Waals surface area (Å²) >= 11 is 6.42. The van der Waals surface area contributed by atoms with E-state index in [0.29, 0.717) is 23.5 Å². The normalized spacial score (nSPS) is 20.5. The van der Waals surface area contributed by atoms with Crippen LogP contribution in [0.5, 0.6) is 0 Å². The molecule has 3 heterocycles. The summed E-state index contributed by atoms with van der Waals surface area (Å²) in [5.74, 6) is 0.330. The number of hydrogen-bond acceptors (Lipinski definition) is 6. The molecule has 0 aromatic carbocycles. The second-order valence-corrected chi connectivity index (χ2v) is 8.72. The zero-order chi connectivity index (χ0) is 22.1. The molecule has 1 aromatic heterocycles. The minimum Gasteiger partial charge on any atom is -0.366 e. The van der Waals surface area contributed by atoms with E-state index < -0.39 is 0 Å². The average molecular weight is 449 g/mol. The Morgan fingerprint density at radius 2 is 2.13 bits per heavy atom. The fourth-order valence-corrected chi connectivity index (χ4v) is 3.78. The molecule has 31 heavy (non-hydrogen) atoms. The number of carbonyl (C=O) groups is 1. The number of rotatable bonds is 8. The largest absolute Gasteiger partial charge is 0.366 e. The molecule has 170 valence electrons. The molecule has 0 bridgehead atoms. The van der Waals surface area contributed by atoms with E-state index in [-0.39, 0.29) is 12.2 Å². The minimum atomic E-state index is -0.369. The SMILES string of the molecule is CC(C)=CCN1CCC(Nc2ncc(/C=C/C(=O)NOC3CCCCO3)cc2Cl)CC1. The van der Waals surface area contributed by atoms with Crippen molar-refractivity contribution in [1.29, 1.82) is 0 Å². The Kier molecular flexibility index (Phi) is 9.33. The third-order valence-corrected chi connectivity index (χ3v) is 5.69. The van der Waals surface area contributed by atoms with Gasteiger partial charge in [0, 0.05) is 51.0 Å². The van der Waals surface area contributed by atoms with Crippen molar-refractivity contribution in [1.82, 2.24) is 15.4 Å². The van der Waals surface area contributed by atoms with Gasteiger partial charge in [-0.1, -0.05) is 23.3 Å². The van der Waals surface area contributed by atoms with Gasteiger partial charge in [0.1, 0.15) is 5.82 Å². The maximum atomic E-state index is 11.9. The first kappa shape index (κ1) is 23.7. The van der Waals surface area contributed by atoms with Crippen molar-refractivity contribution in [3.63, 3.8) is 0 Å². The van der Waals surface area contributed by atoms with Crippen molar-refractivity contribution in [2.24, 2.45) is 0 Å². The fourth-order valence-electron chi connectivity index (χ4n) is 3.55. The molecule has 2 N–H and O–H groups in total. The van der Waals surface area contributed by atoms with Crippen LogP contribution in [0.1, 0.15) is 51.5 Å². The predicted molar refractivity (Wildman–Crippen MR) is 124 cm³/mol. The second kappa shape index (κ2) is 12.2. The summed E-state index contributed by atoms with van der Waals surface area (Å²) < 4.78 is 5.41. The van der Waals surface area contributed by atoms with Crippen LogP contribution in [0.15, 0.2) is 30.0 Å². The molecule has 8 heteroatoms. The van der Waals surface area contributed by atoms with Gasteiger partial charge in [0.05, 0.1) is 5.02 Å². The standard InChI is InChI=1S/C23H33ClN4O3/c1-17(2)8-11-28-12-9-19(10-13-28)26-23-20(24)15-18(16-25-23)6-7-21(29)27-31-22-5-3-4-14-30-22/h6-8,15-16,19,22H,3-5,9-14H2,1-2H3,(H,25,26)(H,27,29)/b7-6+. The second-order valence-electron chi connectivity index (χ2n) is 8.31. The fraction of sp³-hybridized carbons (Fsp3) is 0.565. The molecule has 0 aliphatic carbocycles. The van der Waals surface area contributed by atoms with Crippen LogP contribution >= 0.6 is 11.6 Å². The van der Waals surface area contributed by atoms with Crippen molar-refractivity contribution < 1.29 is 14.4 Å². The summed E-state index contributed by atoms with van der Waals surface area (Å²) in [4.78, 5) is 24.1. The monoisotopic (exact) mass is 448 g/mol. The number of aromatic nitrogens is 1. The summed E-state index contributed by atoms with van der Waals surface area (Å²) in [6.45, 7) is 8.06. The van der Waals surface area contributed by atoms with Gasteiger partial charge in [0.15, 0.2) is 6.29 Å². The van der Waals surface area contributed by atoms with E-state index in [0.717, 1.165) is 57.3 Å². The number of ether oxygens (including phenoxy) is 1. The van der Waals surface area contributed by atoms with Gasteiger partial charge in [-0.2, -0.15) is 0 Å². The molecular weight excluding hydrogens is 416 g/mol. The van der Waals surface area contributed by atoms with Crippen molar-refractivity contribution in [2.45, 2.75) is 58.3 Å². The zero-order valence-electron chi connectivity index (χ0n) is 18.4. The third-order valence-electron chi connectivity index (χ3n) is 5.40. The Morgan fingerprint density at radius 3 is 2.81 bits per heavy atom. The Labute approximate surface area is 189 Å². The van der Waals surface area contributed by atoms with E-state index in [9.17, 15) is 4.79 Å². The van der Waals surface area contributed by atoms with Crippen LogP contribution in [0, 0.1) is 0 Å². The Balaban J connectivity index is 1.43. The van der Waals surface area contributed by atoms with Crippen LogP contribution < -0.4 is 10.8 Å². The summed E-state index contributed by atoms with van der Waals surface area (Å²) in [6.07, 6.45) is 11.6. The third kappa shape index (κ3) is 8.26. The first-order valence-corrected chi connectivity index (χ1v) is 11.4. The van der Waals surface area contributed by atoms with E-state index in [2.05, 4.69) is 40.6 Å². The van der Waals surface area contributed by atoms with Crippen LogP contribution in [0.4, 0.5) is 5.82 Å². The highest BCUT2D eigenvalue weighted by atomic mass is 35.5. The number of halogens is 1. The van der Waals surface area contributed by atoms with Gasteiger partial charge >= 0.3 is 0 Å². The molecular formula is C23H33ClN4O3. The number of hydroxylamine groups is 1. The van der Waals surface area contributed by atoms with Crippen LogP contribution in [0.25, 0.3) is 6.08 Å². The first-order valence-electron chi connectivity index (χ1n) is 11.0. The number of likely N-dealkylation sites (tertiary alicyclic amines) is 1. The molecule has 2 aliphatic heterocycles. The average Bonchev–Trinajstić information content (AvgIpc) is 2.78. The molecule has 1 aromatic rings. The number of allylic oxidation sites excluding steroid dienone is 1. The molecule has 2 fully saturated rings. The van der Waals surface area contributed by atoms with E-state index in [1.165, 1.54) is 11.6 Å². The first-order chi connectivity index (χ1) is 15.0. The molecule has 0 radical (unpaired) electrons. The summed E-state index contributed by atoms with van der Waals surface area (Å²) in [5.41, 5.74) is 4.50. The molecule has 1 unspecified atom stereocenters. The van der Waals surface area contributed by atoms with Crippen molar-refractivity contribution in [3.8, 4) is 0 Å². The lowest BCUT2D eigenvalue weighted by Gasteiger charge is -2.32. The maximum Gasteiger partial charge on any atom is 0.267 e. The predicted octanol–water partition coefficient (Wildman–Crippen LogP) is 4.17. The van der Waals surface area contributed by atoms with Gasteiger partial charge < -0.3 is 10.1 Å². The van der Waals surface area contributed by atoms with E-state index in [4.69, 9.17) is 21.2 Å². The summed E-state index contributed by atoms with van der Waals surface area (Å²) in [5, 5.41) is 4.00. The lowest BCUT2D eigenvalue weighted by Crippen LogP contribution is -2.39. The Hall–Kier alpha value is -1.93. The number of pyridine rings is 1. The molecule has 3 rings (SSSR count). The number of hydrogen-bond donors (Lipinski definition) is 2. The zero-order valence-corrected chi connectivity index (χ0v) is 19.2. The van der Waals surface area contributed by atoms with Crippen LogP contribution in [-0.2, 0) is 14.4 Å². The number of nitrogens with zero attached hydrogens (tertiary/aromatic N) is 2. The number of carbonyl (C=O) groups excluding carboxylic acids is 1. The smallest absolute Gasteiger partial charge is 0.267 e. The van der Waals surface area contributed by atoms with E-state index >= 15 is 0 Å². The van der Waals surface area contributed by atoms with Crippen molar-refractivity contribution in [2.75, 3.05) is 31.6 Å². The molecule has 1 amide bonds. The van der Waals surface area contributed by atoms with E-state index in [1.807, 2.05) is 0 Å². The maximum absolute atomic E-state index is 11.9. The summed E-state index contributed by atoms with van der Waals surface area (Å²) in [7, 11) is 0. The lowest BCUT2D eigenvalue weighted by atomic mass is 10.0. The Morgan fingerprint density at radius 1 is 1.32 bits per heavy atom. The number of anilines is 1.